The third-order valence-corrected chi connectivity index (χ3v) is 5.99. The molecular formula is C21H28N4O4. The van der Waals surface area contributed by atoms with Gasteiger partial charge in [-0.05, 0) is 31.0 Å². The van der Waals surface area contributed by atoms with Crippen LogP contribution in [0.4, 0.5) is 0 Å². The van der Waals surface area contributed by atoms with Gasteiger partial charge in [-0.25, -0.2) is 0 Å². The normalized spacial score (nSPS) is 20.7. The van der Waals surface area contributed by atoms with E-state index in [4.69, 9.17) is 14.2 Å². The molecule has 1 fully saturated rings. The summed E-state index contributed by atoms with van der Waals surface area (Å²) < 4.78 is 18.2. The molecule has 8 heteroatoms. The molecule has 29 heavy (non-hydrogen) atoms. The van der Waals surface area contributed by atoms with E-state index >= 15 is 0 Å². The van der Waals surface area contributed by atoms with Crippen molar-refractivity contribution in [1.29, 1.82) is 0 Å². The molecule has 2 heterocycles. The molecule has 1 amide bonds. The first-order chi connectivity index (χ1) is 14.2. The summed E-state index contributed by atoms with van der Waals surface area (Å²) in [4.78, 5) is 14.8. The van der Waals surface area contributed by atoms with Gasteiger partial charge in [-0.15, -0.1) is 10.2 Å². The van der Waals surface area contributed by atoms with Crippen molar-refractivity contribution in [2.75, 3.05) is 27.9 Å². The van der Waals surface area contributed by atoms with Gasteiger partial charge in [0, 0.05) is 12.7 Å². The minimum Gasteiger partial charge on any atom is -0.493 e. The molecule has 2 atom stereocenters. The third kappa shape index (κ3) is 3.57. The van der Waals surface area contributed by atoms with E-state index in [-0.39, 0.29) is 18.0 Å². The van der Waals surface area contributed by atoms with Crippen LogP contribution in [0.15, 0.2) is 18.2 Å². The molecule has 0 bridgehead atoms. The largest absolute Gasteiger partial charge is 0.493 e. The van der Waals surface area contributed by atoms with Crippen molar-refractivity contribution in [3.63, 3.8) is 0 Å². The summed E-state index contributed by atoms with van der Waals surface area (Å²) in [5.41, 5.74) is 0.935. The van der Waals surface area contributed by atoms with Crippen LogP contribution >= 0.6 is 0 Å². The Hall–Kier alpha value is -2.61. The summed E-state index contributed by atoms with van der Waals surface area (Å²) in [5, 5.41) is 8.95. The van der Waals surface area contributed by atoms with Crippen molar-refractivity contribution in [1.82, 2.24) is 19.7 Å². The van der Waals surface area contributed by atoms with E-state index in [2.05, 4.69) is 14.8 Å². The number of aromatic nitrogens is 3. The van der Waals surface area contributed by atoms with Gasteiger partial charge in [0.15, 0.2) is 23.1 Å². The SMILES string of the molecule is COCCC(=O)N1Cc2nnc(-c3ccc(OC)c(OC)c3)n2C2CCCCC21. The lowest BCUT2D eigenvalue weighted by Gasteiger charge is -2.44. The van der Waals surface area contributed by atoms with Crippen molar-refractivity contribution < 1.29 is 19.0 Å². The van der Waals surface area contributed by atoms with Gasteiger partial charge >= 0.3 is 0 Å². The number of carbonyl (C=O) groups excluding carboxylic acids is 1. The Kier molecular flexibility index (Phi) is 5.71. The van der Waals surface area contributed by atoms with Crippen molar-refractivity contribution in [3.05, 3.63) is 24.0 Å². The molecule has 4 rings (SSSR count). The first-order valence-electron chi connectivity index (χ1n) is 10.1. The number of ether oxygens (including phenoxy) is 3. The lowest BCUT2D eigenvalue weighted by Crippen LogP contribution is -2.50. The fraction of sp³-hybridized carbons (Fsp3) is 0.571. The maximum Gasteiger partial charge on any atom is 0.225 e. The Morgan fingerprint density at radius 3 is 2.55 bits per heavy atom. The molecule has 1 aromatic heterocycles. The number of rotatable bonds is 6. The van der Waals surface area contributed by atoms with Crippen LogP contribution in [0.3, 0.4) is 0 Å². The first kappa shape index (κ1) is 19.7. The molecule has 8 nitrogen and oxygen atoms in total. The number of hydrogen-bond donors (Lipinski definition) is 0. The molecule has 2 aliphatic rings. The van der Waals surface area contributed by atoms with Gasteiger partial charge in [0.1, 0.15) is 0 Å². The van der Waals surface area contributed by atoms with Gasteiger partial charge in [0.2, 0.25) is 5.91 Å². The number of fused-ring (bicyclic) bond motifs is 3. The second kappa shape index (κ2) is 8.41. The van der Waals surface area contributed by atoms with Crippen molar-refractivity contribution in [2.24, 2.45) is 0 Å². The highest BCUT2D eigenvalue weighted by atomic mass is 16.5. The standard InChI is InChI=1S/C21H28N4O4/c1-27-11-10-20(26)24-13-19-22-23-21(25(19)16-7-5-4-6-15(16)24)14-8-9-17(28-2)18(12-14)29-3/h8-9,12,15-16H,4-7,10-11,13H2,1-3H3. The fourth-order valence-electron chi connectivity index (χ4n) is 4.58. The van der Waals surface area contributed by atoms with Crippen LogP contribution in [0.2, 0.25) is 0 Å². The molecule has 1 saturated carbocycles. The van der Waals surface area contributed by atoms with Crippen LogP contribution < -0.4 is 9.47 Å². The molecule has 1 aliphatic heterocycles. The van der Waals surface area contributed by atoms with Crippen LogP contribution in [0.5, 0.6) is 11.5 Å². The molecule has 2 aromatic rings. The highest BCUT2D eigenvalue weighted by Gasteiger charge is 2.41. The summed E-state index contributed by atoms with van der Waals surface area (Å²) in [6, 6.07) is 6.17. The zero-order chi connectivity index (χ0) is 20.4. The molecule has 1 aromatic carbocycles. The van der Waals surface area contributed by atoms with Crippen molar-refractivity contribution >= 4 is 5.91 Å². The summed E-state index contributed by atoms with van der Waals surface area (Å²) in [6.07, 6.45) is 4.70. The Bertz CT molecular complexity index is 882. The van der Waals surface area contributed by atoms with Gasteiger partial charge in [-0.1, -0.05) is 12.8 Å². The maximum atomic E-state index is 12.8. The average Bonchev–Trinajstić information content (AvgIpc) is 3.20. The second-order valence-corrected chi connectivity index (χ2v) is 7.56. The molecular weight excluding hydrogens is 372 g/mol. The van der Waals surface area contributed by atoms with Crippen LogP contribution in [-0.2, 0) is 16.1 Å². The quantitative estimate of drug-likeness (QED) is 0.742. The number of methoxy groups -OCH3 is 3. The van der Waals surface area contributed by atoms with Gasteiger partial charge in [0.25, 0.3) is 0 Å². The van der Waals surface area contributed by atoms with E-state index in [0.717, 1.165) is 42.9 Å². The molecule has 1 aliphatic carbocycles. The second-order valence-electron chi connectivity index (χ2n) is 7.56. The molecule has 0 N–H and O–H groups in total. The van der Waals surface area contributed by atoms with Gasteiger partial charge < -0.3 is 23.7 Å². The number of carbonyl (C=O) groups is 1. The number of benzene rings is 1. The van der Waals surface area contributed by atoms with Crippen molar-refractivity contribution in [3.8, 4) is 22.9 Å². The van der Waals surface area contributed by atoms with Crippen LogP contribution in [0, 0.1) is 0 Å². The third-order valence-electron chi connectivity index (χ3n) is 5.99. The predicted molar refractivity (Wildman–Crippen MR) is 107 cm³/mol. The molecule has 0 saturated heterocycles. The molecule has 0 radical (unpaired) electrons. The molecule has 2 unspecified atom stereocenters. The lowest BCUT2D eigenvalue weighted by molar-refractivity contribution is -0.138. The maximum absolute atomic E-state index is 12.8. The van der Waals surface area contributed by atoms with Crippen LogP contribution in [0.25, 0.3) is 11.4 Å². The molecule has 156 valence electrons. The summed E-state index contributed by atoms with van der Waals surface area (Å²) >= 11 is 0. The molecule has 0 spiro atoms. The summed E-state index contributed by atoms with van der Waals surface area (Å²) in [6.45, 7) is 0.931. The highest BCUT2D eigenvalue weighted by Crippen LogP contribution is 2.41. The van der Waals surface area contributed by atoms with Crippen molar-refractivity contribution in [2.45, 2.75) is 50.7 Å². The van der Waals surface area contributed by atoms with E-state index in [1.807, 2.05) is 23.1 Å². The summed E-state index contributed by atoms with van der Waals surface area (Å²) in [5.74, 6) is 3.13. The Balaban J connectivity index is 1.71. The minimum absolute atomic E-state index is 0.130. The smallest absolute Gasteiger partial charge is 0.225 e. The Morgan fingerprint density at radius 1 is 1.07 bits per heavy atom. The van der Waals surface area contributed by atoms with E-state index in [9.17, 15) is 4.79 Å². The minimum atomic E-state index is 0.130. The van der Waals surface area contributed by atoms with Gasteiger partial charge in [-0.3, -0.25) is 4.79 Å². The van der Waals surface area contributed by atoms with E-state index in [1.54, 1.807) is 21.3 Å². The van der Waals surface area contributed by atoms with Gasteiger partial charge in [0.05, 0.1) is 45.9 Å². The number of amides is 1. The van der Waals surface area contributed by atoms with E-state index in [1.165, 1.54) is 0 Å². The Morgan fingerprint density at radius 2 is 1.83 bits per heavy atom. The van der Waals surface area contributed by atoms with E-state index in [0.29, 0.717) is 31.1 Å². The number of nitrogens with zero attached hydrogens (tertiary/aromatic N) is 4. The van der Waals surface area contributed by atoms with Crippen LogP contribution in [-0.4, -0.2) is 59.5 Å². The zero-order valence-electron chi connectivity index (χ0n) is 17.3. The Labute approximate surface area is 170 Å². The number of hydrogen-bond acceptors (Lipinski definition) is 6. The highest BCUT2D eigenvalue weighted by molar-refractivity contribution is 5.77. The monoisotopic (exact) mass is 400 g/mol. The van der Waals surface area contributed by atoms with Crippen LogP contribution in [0.1, 0.15) is 44.0 Å². The predicted octanol–water partition coefficient (Wildman–Crippen LogP) is 2.82. The zero-order valence-corrected chi connectivity index (χ0v) is 17.3. The fourth-order valence-corrected chi connectivity index (χ4v) is 4.58. The first-order valence-corrected chi connectivity index (χ1v) is 10.1. The average molecular weight is 400 g/mol. The summed E-state index contributed by atoms with van der Waals surface area (Å²) in [7, 11) is 4.87. The lowest BCUT2D eigenvalue weighted by atomic mass is 9.87. The van der Waals surface area contributed by atoms with E-state index < -0.39 is 0 Å². The van der Waals surface area contributed by atoms with Gasteiger partial charge in [-0.2, -0.15) is 0 Å². The topological polar surface area (TPSA) is 78.7 Å².